The summed E-state index contributed by atoms with van der Waals surface area (Å²) < 4.78 is 1.19. The summed E-state index contributed by atoms with van der Waals surface area (Å²) in [5.74, 6) is 1.25. The summed E-state index contributed by atoms with van der Waals surface area (Å²) in [6.07, 6.45) is 3.86. The van der Waals surface area contributed by atoms with E-state index in [0.717, 1.165) is 5.25 Å². The van der Waals surface area contributed by atoms with Gasteiger partial charge in [0.05, 0.1) is 0 Å². The van der Waals surface area contributed by atoms with E-state index in [1.54, 1.807) is 0 Å². The van der Waals surface area contributed by atoms with Crippen LogP contribution in [0.5, 0.6) is 0 Å². The third-order valence-electron chi connectivity index (χ3n) is 2.92. The van der Waals surface area contributed by atoms with Crippen molar-refractivity contribution in [2.24, 2.45) is 0 Å². The zero-order valence-electron chi connectivity index (χ0n) is 9.42. The van der Waals surface area contributed by atoms with E-state index in [4.69, 9.17) is 0 Å². The van der Waals surface area contributed by atoms with Crippen molar-refractivity contribution in [2.45, 2.75) is 24.5 Å². The van der Waals surface area contributed by atoms with Crippen molar-refractivity contribution < 1.29 is 0 Å². The van der Waals surface area contributed by atoms with Crippen molar-refractivity contribution in [3.63, 3.8) is 0 Å². The molecule has 0 spiro atoms. The maximum atomic E-state index is 3.52. The van der Waals surface area contributed by atoms with Gasteiger partial charge in [-0.25, -0.2) is 0 Å². The van der Waals surface area contributed by atoms with Gasteiger partial charge in [0.2, 0.25) is 0 Å². The summed E-state index contributed by atoms with van der Waals surface area (Å²) in [5, 5.41) is 4.29. The number of piperidine rings is 1. The Morgan fingerprint density at radius 3 is 2.88 bits per heavy atom. The lowest BCUT2D eigenvalue weighted by atomic mass is 10.2. The van der Waals surface area contributed by atoms with Crippen molar-refractivity contribution in [3.05, 3.63) is 34.3 Å². The zero-order chi connectivity index (χ0) is 11.2. The zero-order valence-corrected chi connectivity index (χ0v) is 11.8. The quantitative estimate of drug-likeness (QED) is 0.913. The van der Waals surface area contributed by atoms with E-state index in [1.807, 2.05) is 0 Å². The smallest absolute Gasteiger partial charge is 0.0178 e. The van der Waals surface area contributed by atoms with Crippen LogP contribution in [0.1, 0.15) is 18.4 Å². The lowest BCUT2D eigenvalue weighted by Crippen LogP contribution is -2.29. The van der Waals surface area contributed by atoms with Gasteiger partial charge < -0.3 is 5.32 Å². The number of aryl methyl sites for hydroxylation is 1. The molecule has 0 radical (unpaired) electrons. The van der Waals surface area contributed by atoms with Gasteiger partial charge in [-0.1, -0.05) is 28.1 Å². The second-order valence-electron chi connectivity index (χ2n) is 4.20. The Labute approximate surface area is 111 Å². The Morgan fingerprint density at radius 2 is 2.12 bits per heavy atom. The summed E-state index contributed by atoms with van der Waals surface area (Å²) in [4.78, 5) is 0. The SMILES string of the molecule is Brc1cccc(CCSC2CCNCC2)c1. The molecule has 0 aliphatic carbocycles. The number of nitrogens with one attached hydrogen (secondary N) is 1. The van der Waals surface area contributed by atoms with Gasteiger partial charge in [0, 0.05) is 9.72 Å². The minimum absolute atomic E-state index is 0.883. The van der Waals surface area contributed by atoms with Gasteiger partial charge in [0.25, 0.3) is 0 Å². The van der Waals surface area contributed by atoms with Gasteiger partial charge >= 0.3 is 0 Å². The predicted octanol–water partition coefficient (Wildman–Crippen LogP) is 3.48. The largest absolute Gasteiger partial charge is 0.317 e. The lowest BCUT2D eigenvalue weighted by Gasteiger charge is -2.21. The van der Waals surface area contributed by atoms with Crippen molar-refractivity contribution in [1.82, 2.24) is 5.32 Å². The van der Waals surface area contributed by atoms with Crippen LogP contribution in [-0.4, -0.2) is 24.1 Å². The van der Waals surface area contributed by atoms with Crippen molar-refractivity contribution >= 4 is 27.7 Å². The number of rotatable bonds is 4. The van der Waals surface area contributed by atoms with Crippen LogP contribution in [0.4, 0.5) is 0 Å². The Bertz CT molecular complexity index is 323. The molecule has 1 heterocycles. The van der Waals surface area contributed by atoms with E-state index in [0.29, 0.717) is 0 Å². The highest BCUT2D eigenvalue weighted by Gasteiger charge is 2.12. The Kier molecular flexibility index (Phi) is 5.20. The molecule has 1 aromatic rings. The minimum atomic E-state index is 0.883. The van der Waals surface area contributed by atoms with E-state index >= 15 is 0 Å². The van der Waals surface area contributed by atoms with Crippen LogP contribution in [-0.2, 0) is 6.42 Å². The van der Waals surface area contributed by atoms with E-state index < -0.39 is 0 Å². The molecule has 0 aromatic heterocycles. The Morgan fingerprint density at radius 1 is 1.31 bits per heavy atom. The summed E-state index contributed by atoms with van der Waals surface area (Å²) in [6, 6.07) is 8.65. The topological polar surface area (TPSA) is 12.0 Å². The number of halogens is 1. The first-order valence-electron chi connectivity index (χ1n) is 5.91. The summed E-state index contributed by atoms with van der Waals surface area (Å²) in [5.41, 5.74) is 1.44. The molecule has 3 heteroatoms. The third kappa shape index (κ3) is 4.11. The number of hydrogen-bond acceptors (Lipinski definition) is 2. The minimum Gasteiger partial charge on any atom is -0.317 e. The van der Waals surface area contributed by atoms with Gasteiger partial charge in [-0.15, -0.1) is 0 Å². The lowest BCUT2D eigenvalue weighted by molar-refractivity contribution is 0.531. The van der Waals surface area contributed by atoms with Crippen LogP contribution < -0.4 is 5.32 Å². The molecular formula is C13H18BrNS. The van der Waals surface area contributed by atoms with Crippen LogP contribution >= 0.6 is 27.7 Å². The summed E-state index contributed by atoms with van der Waals surface area (Å²) >= 11 is 5.66. The number of hydrogen-bond donors (Lipinski definition) is 1. The normalized spacial score (nSPS) is 17.6. The van der Waals surface area contributed by atoms with Crippen LogP contribution in [0, 0.1) is 0 Å². The van der Waals surface area contributed by atoms with Crippen LogP contribution in [0.2, 0.25) is 0 Å². The van der Waals surface area contributed by atoms with Gasteiger partial charge in [-0.3, -0.25) is 0 Å². The fraction of sp³-hybridized carbons (Fsp3) is 0.538. The van der Waals surface area contributed by atoms with Gasteiger partial charge in [-0.05, 0) is 55.8 Å². The molecule has 0 amide bonds. The second-order valence-corrected chi connectivity index (χ2v) is 6.52. The standard InChI is InChI=1S/C13H18BrNS/c14-12-3-1-2-11(10-12)6-9-16-13-4-7-15-8-5-13/h1-3,10,13,15H,4-9H2. The molecule has 1 N–H and O–H groups in total. The van der Waals surface area contributed by atoms with Gasteiger partial charge in [0.1, 0.15) is 0 Å². The number of benzene rings is 1. The molecule has 1 fully saturated rings. The first-order chi connectivity index (χ1) is 7.84. The third-order valence-corrected chi connectivity index (χ3v) is 4.80. The average Bonchev–Trinajstić information content (AvgIpc) is 2.30. The molecule has 0 bridgehead atoms. The van der Waals surface area contributed by atoms with Crippen molar-refractivity contribution in [3.8, 4) is 0 Å². The van der Waals surface area contributed by atoms with E-state index in [-0.39, 0.29) is 0 Å². The molecular weight excluding hydrogens is 282 g/mol. The van der Waals surface area contributed by atoms with Crippen LogP contribution in [0.3, 0.4) is 0 Å². The summed E-state index contributed by atoms with van der Waals surface area (Å²) in [6.45, 7) is 2.41. The van der Waals surface area contributed by atoms with Crippen LogP contribution in [0.15, 0.2) is 28.7 Å². The Hall–Kier alpha value is 0.01000. The van der Waals surface area contributed by atoms with E-state index in [9.17, 15) is 0 Å². The first-order valence-corrected chi connectivity index (χ1v) is 7.75. The molecule has 0 saturated carbocycles. The molecule has 1 nitrogen and oxygen atoms in total. The highest BCUT2D eigenvalue weighted by molar-refractivity contribution is 9.10. The second kappa shape index (κ2) is 6.67. The molecule has 0 atom stereocenters. The van der Waals surface area contributed by atoms with Crippen molar-refractivity contribution in [2.75, 3.05) is 18.8 Å². The fourth-order valence-corrected chi connectivity index (χ4v) is 3.70. The van der Waals surface area contributed by atoms with E-state index in [1.165, 1.54) is 48.1 Å². The molecule has 1 aliphatic heterocycles. The monoisotopic (exact) mass is 299 g/mol. The highest BCUT2D eigenvalue weighted by Crippen LogP contribution is 2.21. The summed E-state index contributed by atoms with van der Waals surface area (Å²) in [7, 11) is 0. The maximum absolute atomic E-state index is 3.52. The first kappa shape index (κ1) is 12.5. The molecule has 2 rings (SSSR count). The molecule has 0 unspecified atom stereocenters. The fourth-order valence-electron chi connectivity index (χ4n) is 2.00. The molecule has 1 aromatic carbocycles. The maximum Gasteiger partial charge on any atom is 0.0178 e. The molecule has 1 saturated heterocycles. The number of thioether (sulfide) groups is 1. The van der Waals surface area contributed by atoms with E-state index in [2.05, 4.69) is 57.3 Å². The molecule has 16 heavy (non-hydrogen) atoms. The molecule has 88 valence electrons. The van der Waals surface area contributed by atoms with Gasteiger partial charge in [0.15, 0.2) is 0 Å². The highest BCUT2D eigenvalue weighted by atomic mass is 79.9. The Balaban J connectivity index is 1.71. The van der Waals surface area contributed by atoms with Crippen molar-refractivity contribution in [1.29, 1.82) is 0 Å². The van der Waals surface area contributed by atoms with Gasteiger partial charge in [-0.2, -0.15) is 11.8 Å². The molecule has 1 aliphatic rings. The predicted molar refractivity (Wildman–Crippen MR) is 76.2 cm³/mol. The van der Waals surface area contributed by atoms with Crippen LogP contribution in [0.25, 0.3) is 0 Å². The average molecular weight is 300 g/mol.